The van der Waals surface area contributed by atoms with Crippen LogP contribution in [0, 0.1) is 5.92 Å². The molecule has 1 amide bonds. The quantitative estimate of drug-likeness (QED) is 0.783. The van der Waals surface area contributed by atoms with Gasteiger partial charge in [0.25, 0.3) is 0 Å². The molecule has 2 N–H and O–H groups in total. The Kier molecular flexibility index (Phi) is 6.72. The summed E-state index contributed by atoms with van der Waals surface area (Å²) in [6.45, 7) is 3.79. The van der Waals surface area contributed by atoms with Gasteiger partial charge in [-0.05, 0) is 36.1 Å². The zero-order valence-corrected chi connectivity index (χ0v) is 13.3. The van der Waals surface area contributed by atoms with Crippen LogP contribution < -0.4 is 5.32 Å². The van der Waals surface area contributed by atoms with Crippen LogP contribution in [0.4, 0.5) is 0 Å². The topological polar surface area (TPSA) is 66.4 Å². The molecule has 6 heteroatoms. The van der Waals surface area contributed by atoms with Crippen LogP contribution in [0.25, 0.3) is 6.08 Å². The highest BCUT2D eigenvalue weighted by molar-refractivity contribution is 6.35. The summed E-state index contributed by atoms with van der Waals surface area (Å²) in [7, 11) is 0. The maximum Gasteiger partial charge on any atom is 0.326 e. The monoisotopic (exact) mass is 329 g/mol. The summed E-state index contributed by atoms with van der Waals surface area (Å²) in [5.74, 6) is -1.36. The molecule has 0 unspecified atom stereocenters. The molecule has 0 aliphatic rings. The van der Waals surface area contributed by atoms with Gasteiger partial charge < -0.3 is 10.4 Å². The first-order valence-electron chi connectivity index (χ1n) is 6.46. The van der Waals surface area contributed by atoms with E-state index in [-0.39, 0.29) is 5.92 Å². The van der Waals surface area contributed by atoms with E-state index in [1.807, 2.05) is 13.8 Å². The molecule has 21 heavy (non-hydrogen) atoms. The summed E-state index contributed by atoms with van der Waals surface area (Å²) < 4.78 is 0. The Balaban J connectivity index is 2.71. The minimum Gasteiger partial charge on any atom is -0.480 e. The van der Waals surface area contributed by atoms with Crippen molar-refractivity contribution in [3.05, 3.63) is 39.9 Å². The van der Waals surface area contributed by atoms with Gasteiger partial charge in [-0.1, -0.05) is 43.1 Å². The predicted molar refractivity (Wildman–Crippen MR) is 84.5 cm³/mol. The molecule has 0 saturated carbocycles. The van der Waals surface area contributed by atoms with E-state index in [0.717, 1.165) is 0 Å². The summed E-state index contributed by atoms with van der Waals surface area (Å²) in [4.78, 5) is 22.8. The second-order valence-electron chi connectivity index (χ2n) is 5.03. The van der Waals surface area contributed by atoms with Gasteiger partial charge in [-0.3, -0.25) is 4.79 Å². The van der Waals surface area contributed by atoms with Gasteiger partial charge in [0.1, 0.15) is 6.04 Å². The maximum atomic E-state index is 11.8. The van der Waals surface area contributed by atoms with E-state index >= 15 is 0 Å². The molecule has 1 atom stereocenters. The van der Waals surface area contributed by atoms with Gasteiger partial charge in [0.05, 0.1) is 0 Å². The fourth-order valence-corrected chi connectivity index (χ4v) is 2.19. The van der Waals surface area contributed by atoms with E-state index in [4.69, 9.17) is 28.3 Å². The Morgan fingerprint density at radius 1 is 1.33 bits per heavy atom. The van der Waals surface area contributed by atoms with Crippen LogP contribution in [-0.4, -0.2) is 23.0 Å². The highest BCUT2D eigenvalue weighted by Crippen LogP contribution is 2.21. The van der Waals surface area contributed by atoms with Crippen molar-refractivity contribution in [3.63, 3.8) is 0 Å². The molecule has 114 valence electrons. The number of carboxylic acids is 1. The molecular formula is C15H17Cl2NO3. The van der Waals surface area contributed by atoms with Crippen LogP contribution >= 0.6 is 23.2 Å². The molecule has 0 aliphatic heterocycles. The molecule has 0 aromatic heterocycles. The lowest BCUT2D eigenvalue weighted by molar-refractivity contribution is -0.141. The Morgan fingerprint density at radius 3 is 2.52 bits per heavy atom. The molecule has 0 saturated heterocycles. The van der Waals surface area contributed by atoms with Crippen LogP contribution in [0.3, 0.4) is 0 Å². The zero-order valence-electron chi connectivity index (χ0n) is 11.8. The lowest BCUT2D eigenvalue weighted by atomic mass is 10.0. The number of benzene rings is 1. The van der Waals surface area contributed by atoms with Crippen molar-refractivity contribution in [2.45, 2.75) is 26.3 Å². The molecule has 0 bridgehead atoms. The Hall–Kier alpha value is -1.52. The molecule has 0 spiro atoms. The average Bonchev–Trinajstić information content (AvgIpc) is 2.36. The summed E-state index contributed by atoms with van der Waals surface area (Å²) >= 11 is 11.8. The zero-order chi connectivity index (χ0) is 16.0. The van der Waals surface area contributed by atoms with E-state index in [2.05, 4.69) is 5.32 Å². The number of nitrogens with one attached hydrogen (secondary N) is 1. The summed E-state index contributed by atoms with van der Waals surface area (Å²) in [6.07, 6.45) is 3.14. The normalized spacial score (nSPS) is 12.6. The Labute approximate surface area is 133 Å². The fraction of sp³-hybridized carbons (Fsp3) is 0.333. The van der Waals surface area contributed by atoms with Gasteiger partial charge in [-0.25, -0.2) is 4.79 Å². The summed E-state index contributed by atoms with van der Waals surface area (Å²) in [5, 5.41) is 12.4. The second kappa shape index (κ2) is 8.05. The first kappa shape index (κ1) is 17.5. The number of carboxylic acid groups (broad SMARTS) is 1. The number of halogens is 2. The van der Waals surface area contributed by atoms with Crippen LogP contribution in [-0.2, 0) is 9.59 Å². The van der Waals surface area contributed by atoms with Gasteiger partial charge in [0.15, 0.2) is 0 Å². The van der Waals surface area contributed by atoms with E-state index < -0.39 is 17.9 Å². The van der Waals surface area contributed by atoms with Gasteiger partial charge in [-0.2, -0.15) is 0 Å². The van der Waals surface area contributed by atoms with E-state index in [1.54, 1.807) is 18.2 Å². The molecule has 0 fully saturated rings. The highest BCUT2D eigenvalue weighted by Gasteiger charge is 2.19. The molecule has 1 aromatic carbocycles. The smallest absolute Gasteiger partial charge is 0.326 e. The van der Waals surface area contributed by atoms with E-state index in [1.165, 1.54) is 12.2 Å². The summed E-state index contributed by atoms with van der Waals surface area (Å²) in [5.41, 5.74) is 0.631. The lowest BCUT2D eigenvalue weighted by Crippen LogP contribution is -2.40. The Bertz CT molecular complexity index is 556. The van der Waals surface area contributed by atoms with E-state index in [9.17, 15) is 9.59 Å². The molecule has 0 radical (unpaired) electrons. The molecule has 1 aromatic rings. The minimum absolute atomic E-state index is 0.168. The van der Waals surface area contributed by atoms with Crippen molar-refractivity contribution in [2.24, 2.45) is 5.92 Å². The number of amides is 1. The van der Waals surface area contributed by atoms with Gasteiger partial charge in [0, 0.05) is 16.1 Å². The second-order valence-corrected chi connectivity index (χ2v) is 5.87. The Morgan fingerprint density at radius 2 is 2.00 bits per heavy atom. The van der Waals surface area contributed by atoms with Crippen molar-refractivity contribution < 1.29 is 14.7 Å². The first-order chi connectivity index (χ1) is 9.79. The predicted octanol–water partition coefficient (Wildman–Crippen LogP) is 3.62. The van der Waals surface area contributed by atoms with Crippen LogP contribution in [0.2, 0.25) is 10.0 Å². The number of aliphatic carboxylic acids is 1. The number of hydrogen-bond donors (Lipinski definition) is 2. The fourth-order valence-electron chi connectivity index (χ4n) is 1.71. The number of hydrogen-bond acceptors (Lipinski definition) is 2. The van der Waals surface area contributed by atoms with Crippen molar-refractivity contribution in [2.75, 3.05) is 0 Å². The molecular weight excluding hydrogens is 313 g/mol. The summed E-state index contributed by atoms with van der Waals surface area (Å²) in [6, 6.07) is 4.00. The number of rotatable bonds is 6. The van der Waals surface area contributed by atoms with Gasteiger partial charge in [-0.15, -0.1) is 0 Å². The lowest BCUT2D eigenvalue weighted by Gasteiger charge is -2.15. The van der Waals surface area contributed by atoms with E-state index in [0.29, 0.717) is 22.0 Å². The molecule has 4 nitrogen and oxygen atoms in total. The highest BCUT2D eigenvalue weighted by atomic mass is 35.5. The SMILES string of the molecule is CC(C)C[C@H](NC(=O)/C=C/c1ccc(Cl)cc1Cl)C(=O)O. The van der Waals surface area contributed by atoms with Gasteiger partial charge >= 0.3 is 5.97 Å². The average molecular weight is 330 g/mol. The van der Waals surface area contributed by atoms with Crippen LogP contribution in [0.5, 0.6) is 0 Å². The number of carbonyl (C=O) groups is 2. The largest absolute Gasteiger partial charge is 0.480 e. The first-order valence-corrected chi connectivity index (χ1v) is 7.21. The third kappa shape index (κ3) is 6.19. The maximum absolute atomic E-state index is 11.8. The number of carbonyl (C=O) groups excluding carboxylic acids is 1. The standard InChI is InChI=1S/C15H17Cl2NO3/c1-9(2)7-13(15(20)21)18-14(19)6-4-10-3-5-11(16)8-12(10)17/h3-6,8-9,13H,7H2,1-2H3,(H,18,19)(H,20,21)/b6-4+/t13-/m0/s1. The van der Waals surface area contributed by atoms with Gasteiger partial charge in [0.2, 0.25) is 5.91 Å². The van der Waals surface area contributed by atoms with Crippen molar-refractivity contribution in [1.82, 2.24) is 5.32 Å². The van der Waals surface area contributed by atoms with Crippen molar-refractivity contribution >= 4 is 41.2 Å². The molecule has 0 aliphatic carbocycles. The third-order valence-corrected chi connectivity index (χ3v) is 3.26. The van der Waals surface area contributed by atoms with Crippen molar-refractivity contribution in [3.8, 4) is 0 Å². The van der Waals surface area contributed by atoms with Crippen molar-refractivity contribution in [1.29, 1.82) is 0 Å². The van der Waals surface area contributed by atoms with Crippen LogP contribution in [0.1, 0.15) is 25.8 Å². The molecule has 0 heterocycles. The molecule has 1 rings (SSSR count). The third-order valence-electron chi connectivity index (χ3n) is 2.70. The van der Waals surface area contributed by atoms with Crippen LogP contribution in [0.15, 0.2) is 24.3 Å². The minimum atomic E-state index is -1.05.